The smallest absolute Gasteiger partial charge is 0.227 e. The van der Waals surface area contributed by atoms with Crippen LogP contribution >= 0.6 is 11.6 Å². The normalized spacial score (nSPS) is 10.7. The van der Waals surface area contributed by atoms with Gasteiger partial charge in [-0.1, -0.05) is 28.9 Å². The van der Waals surface area contributed by atoms with Crippen LogP contribution in [0.25, 0.3) is 11.4 Å². The molecule has 0 aliphatic carbocycles. The van der Waals surface area contributed by atoms with Gasteiger partial charge in [-0.25, -0.2) is 0 Å². The molecule has 0 fully saturated rings. The van der Waals surface area contributed by atoms with Crippen molar-refractivity contribution in [3.05, 3.63) is 65.0 Å². The molecule has 0 saturated carbocycles. The summed E-state index contributed by atoms with van der Waals surface area (Å²) in [4.78, 5) is 18.3. The molecule has 0 radical (unpaired) electrons. The molecule has 3 rings (SSSR count). The quantitative estimate of drug-likeness (QED) is 0.568. The van der Waals surface area contributed by atoms with Gasteiger partial charge in [0.1, 0.15) is 12.4 Å². The van der Waals surface area contributed by atoms with Gasteiger partial charge in [0, 0.05) is 30.5 Å². The van der Waals surface area contributed by atoms with E-state index in [-0.39, 0.29) is 5.91 Å². The summed E-state index contributed by atoms with van der Waals surface area (Å²) >= 11 is 5.88. The fraction of sp³-hybridized carbons (Fsp3) is 0.286. The molecule has 146 valence electrons. The molecular weight excluding hydrogens is 378 g/mol. The minimum Gasteiger partial charge on any atom is -0.492 e. The van der Waals surface area contributed by atoms with Crippen LogP contribution in [0.2, 0.25) is 5.02 Å². The van der Waals surface area contributed by atoms with Crippen LogP contribution in [0.4, 0.5) is 0 Å². The van der Waals surface area contributed by atoms with E-state index in [0.717, 1.165) is 16.9 Å². The lowest BCUT2D eigenvalue weighted by atomic mass is 10.2. The van der Waals surface area contributed by atoms with E-state index in [1.54, 1.807) is 24.1 Å². The van der Waals surface area contributed by atoms with Gasteiger partial charge in [-0.05, 0) is 48.9 Å². The number of carbonyl (C=O) groups excluding carboxylic acids is 1. The third-order valence-corrected chi connectivity index (χ3v) is 4.49. The zero-order valence-electron chi connectivity index (χ0n) is 15.9. The maximum atomic E-state index is 12.3. The van der Waals surface area contributed by atoms with Crippen molar-refractivity contribution in [2.45, 2.75) is 19.8 Å². The number of likely N-dealkylation sites (N-methyl/N-ethyl adjacent to an activating group) is 1. The van der Waals surface area contributed by atoms with Gasteiger partial charge >= 0.3 is 0 Å². The first-order chi connectivity index (χ1) is 13.5. The van der Waals surface area contributed by atoms with Gasteiger partial charge < -0.3 is 14.2 Å². The molecule has 7 heteroatoms. The van der Waals surface area contributed by atoms with Gasteiger partial charge in [0.2, 0.25) is 17.6 Å². The number of aryl methyl sites for hydroxylation is 2. The van der Waals surface area contributed by atoms with Gasteiger partial charge in [-0.2, -0.15) is 4.98 Å². The first-order valence-corrected chi connectivity index (χ1v) is 9.41. The van der Waals surface area contributed by atoms with Gasteiger partial charge in [0.25, 0.3) is 0 Å². The Balaban J connectivity index is 1.44. The van der Waals surface area contributed by atoms with E-state index in [2.05, 4.69) is 10.1 Å². The van der Waals surface area contributed by atoms with Crippen LogP contribution in [0.5, 0.6) is 5.75 Å². The highest BCUT2D eigenvalue weighted by Gasteiger charge is 2.13. The maximum Gasteiger partial charge on any atom is 0.227 e. The predicted molar refractivity (Wildman–Crippen MR) is 107 cm³/mol. The lowest BCUT2D eigenvalue weighted by Gasteiger charge is -2.17. The van der Waals surface area contributed by atoms with Crippen molar-refractivity contribution in [2.75, 3.05) is 20.2 Å². The molecule has 6 nitrogen and oxygen atoms in total. The molecule has 1 amide bonds. The lowest BCUT2D eigenvalue weighted by Crippen LogP contribution is -2.31. The first kappa shape index (κ1) is 19.9. The fourth-order valence-corrected chi connectivity index (χ4v) is 2.73. The number of ether oxygens (including phenoxy) is 1. The minimum atomic E-state index is -0.000847. The highest BCUT2D eigenvalue weighted by Crippen LogP contribution is 2.19. The Morgan fingerprint density at radius 2 is 2.00 bits per heavy atom. The Bertz CT molecular complexity index is 925. The number of rotatable bonds is 8. The number of benzene rings is 2. The van der Waals surface area contributed by atoms with Crippen LogP contribution in [-0.2, 0) is 11.2 Å². The summed E-state index contributed by atoms with van der Waals surface area (Å²) < 4.78 is 10.9. The van der Waals surface area contributed by atoms with Gasteiger partial charge in [-0.3, -0.25) is 4.79 Å². The van der Waals surface area contributed by atoms with E-state index < -0.39 is 0 Å². The monoisotopic (exact) mass is 399 g/mol. The zero-order valence-corrected chi connectivity index (χ0v) is 16.6. The van der Waals surface area contributed by atoms with Crippen molar-refractivity contribution < 1.29 is 14.1 Å². The van der Waals surface area contributed by atoms with E-state index in [4.69, 9.17) is 20.9 Å². The number of carbonyl (C=O) groups is 1. The van der Waals surface area contributed by atoms with Crippen molar-refractivity contribution in [1.82, 2.24) is 15.0 Å². The van der Waals surface area contributed by atoms with Crippen LogP contribution in [0, 0.1) is 6.92 Å². The Kier molecular flexibility index (Phi) is 6.66. The molecule has 1 heterocycles. The molecule has 0 bridgehead atoms. The van der Waals surface area contributed by atoms with E-state index in [1.807, 2.05) is 43.3 Å². The summed E-state index contributed by atoms with van der Waals surface area (Å²) in [6.45, 7) is 2.96. The molecule has 2 aromatic carbocycles. The fourth-order valence-electron chi connectivity index (χ4n) is 2.61. The topological polar surface area (TPSA) is 68.5 Å². The molecule has 0 aliphatic rings. The van der Waals surface area contributed by atoms with Crippen LogP contribution in [0.3, 0.4) is 0 Å². The van der Waals surface area contributed by atoms with Crippen LogP contribution in [0.1, 0.15) is 17.9 Å². The standard InChI is InChI=1S/C21H22ClN3O3/c1-15-4-3-5-18(14-15)27-13-12-25(2)20(26)11-10-19-23-21(24-28-19)16-6-8-17(22)9-7-16/h3-9,14H,10-13H2,1-2H3. The number of nitrogens with zero attached hydrogens (tertiary/aromatic N) is 3. The summed E-state index contributed by atoms with van der Waals surface area (Å²) in [5.41, 5.74) is 1.95. The van der Waals surface area contributed by atoms with Crippen LogP contribution < -0.4 is 4.74 Å². The lowest BCUT2D eigenvalue weighted by molar-refractivity contribution is -0.130. The SMILES string of the molecule is Cc1cccc(OCCN(C)C(=O)CCc2nc(-c3ccc(Cl)cc3)no2)c1. The highest BCUT2D eigenvalue weighted by atomic mass is 35.5. The van der Waals surface area contributed by atoms with Crippen molar-refractivity contribution in [2.24, 2.45) is 0 Å². The average molecular weight is 400 g/mol. The van der Waals surface area contributed by atoms with Crippen LogP contribution in [0.15, 0.2) is 53.1 Å². The number of aromatic nitrogens is 2. The van der Waals surface area contributed by atoms with Gasteiger partial charge in [0.15, 0.2) is 0 Å². The number of hydrogen-bond acceptors (Lipinski definition) is 5. The molecule has 0 saturated heterocycles. The number of hydrogen-bond donors (Lipinski definition) is 0. The molecule has 0 spiro atoms. The van der Waals surface area contributed by atoms with Crippen LogP contribution in [-0.4, -0.2) is 41.1 Å². The second-order valence-corrected chi connectivity index (χ2v) is 6.94. The van der Waals surface area contributed by atoms with Crippen molar-refractivity contribution in [3.63, 3.8) is 0 Å². The highest BCUT2D eigenvalue weighted by molar-refractivity contribution is 6.30. The summed E-state index contributed by atoms with van der Waals surface area (Å²) in [6, 6.07) is 15.0. The third-order valence-electron chi connectivity index (χ3n) is 4.23. The Labute approximate surface area is 169 Å². The molecule has 0 atom stereocenters. The summed E-state index contributed by atoms with van der Waals surface area (Å²) in [7, 11) is 1.76. The molecular formula is C21H22ClN3O3. The molecule has 28 heavy (non-hydrogen) atoms. The predicted octanol–water partition coefficient (Wildman–Crippen LogP) is 4.17. The van der Waals surface area contributed by atoms with Crippen molar-refractivity contribution in [3.8, 4) is 17.1 Å². The largest absolute Gasteiger partial charge is 0.492 e. The Morgan fingerprint density at radius 1 is 1.21 bits per heavy atom. The zero-order chi connectivity index (χ0) is 19.9. The summed E-state index contributed by atoms with van der Waals surface area (Å²) in [6.07, 6.45) is 0.686. The van der Waals surface area contributed by atoms with E-state index in [9.17, 15) is 4.79 Å². The maximum absolute atomic E-state index is 12.3. The molecule has 1 aromatic heterocycles. The molecule has 0 aliphatic heterocycles. The Morgan fingerprint density at radius 3 is 2.75 bits per heavy atom. The van der Waals surface area contributed by atoms with E-state index >= 15 is 0 Å². The van der Waals surface area contributed by atoms with Gasteiger partial charge in [0.05, 0.1) is 6.54 Å². The second-order valence-electron chi connectivity index (χ2n) is 6.50. The Hall–Kier alpha value is -2.86. The van der Waals surface area contributed by atoms with Gasteiger partial charge in [-0.15, -0.1) is 0 Å². The molecule has 0 unspecified atom stereocenters. The second kappa shape index (κ2) is 9.37. The number of amides is 1. The minimum absolute atomic E-state index is 0.000847. The molecule has 3 aromatic rings. The summed E-state index contributed by atoms with van der Waals surface area (Å²) in [5.74, 6) is 1.72. The summed E-state index contributed by atoms with van der Waals surface area (Å²) in [5, 5.41) is 4.60. The van der Waals surface area contributed by atoms with Crippen molar-refractivity contribution in [1.29, 1.82) is 0 Å². The van der Waals surface area contributed by atoms with E-state index in [0.29, 0.717) is 42.7 Å². The van der Waals surface area contributed by atoms with E-state index in [1.165, 1.54) is 0 Å². The molecule has 0 N–H and O–H groups in total. The third kappa shape index (κ3) is 5.57. The first-order valence-electron chi connectivity index (χ1n) is 9.03. The average Bonchev–Trinajstić information content (AvgIpc) is 3.15. The number of halogens is 1. The van der Waals surface area contributed by atoms with Crippen molar-refractivity contribution >= 4 is 17.5 Å².